The highest BCUT2D eigenvalue weighted by molar-refractivity contribution is 5.33. The molecule has 0 aliphatic carbocycles. The molecule has 5 nitrogen and oxygen atoms in total. The van der Waals surface area contributed by atoms with Gasteiger partial charge in [0.05, 0.1) is 5.69 Å². The highest BCUT2D eigenvalue weighted by Gasteiger charge is 2.13. The van der Waals surface area contributed by atoms with E-state index in [9.17, 15) is 0 Å². The third-order valence-electron chi connectivity index (χ3n) is 4.37. The lowest BCUT2D eigenvalue weighted by atomic mass is 10.0. The number of nitrogens with one attached hydrogen (secondary N) is 1. The van der Waals surface area contributed by atoms with Crippen molar-refractivity contribution in [2.45, 2.75) is 19.5 Å². The second kappa shape index (κ2) is 8.05. The van der Waals surface area contributed by atoms with Crippen molar-refractivity contribution in [3.8, 4) is 5.69 Å². The number of hydrogen-bond acceptors (Lipinski definition) is 4. The molecule has 0 spiro atoms. The summed E-state index contributed by atoms with van der Waals surface area (Å²) < 4.78 is 1.76. The number of benzene rings is 2. The van der Waals surface area contributed by atoms with Gasteiger partial charge in [-0.2, -0.15) is 5.10 Å². The molecule has 1 atom stereocenters. The largest absolute Gasteiger partial charge is 0.311 e. The molecule has 3 aromatic rings. The van der Waals surface area contributed by atoms with E-state index < -0.39 is 0 Å². The molecule has 0 amide bonds. The zero-order valence-electron chi connectivity index (χ0n) is 15.1. The van der Waals surface area contributed by atoms with E-state index >= 15 is 0 Å². The van der Waals surface area contributed by atoms with Crippen molar-refractivity contribution in [2.75, 3.05) is 20.6 Å². The molecular weight excluding hydrogens is 310 g/mol. The summed E-state index contributed by atoms with van der Waals surface area (Å²) in [5.74, 6) is 0. The van der Waals surface area contributed by atoms with Gasteiger partial charge in [0.1, 0.15) is 12.7 Å². The molecular formula is C20H25N5. The van der Waals surface area contributed by atoms with Crippen LogP contribution >= 0.6 is 0 Å². The minimum Gasteiger partial charge on any atom is -0.311 e. The molecule has 0 aliphatic rings. The Morgan fingerprint density at radius 2 is 1.76 bits per heavy atom. The van der Waals surface area contributed by atoms with Gasteiger partial charge in [-0.25, -0.2) is 9.67 Å². The summed E-state index contributed by atoms with van der Waals surface area (Å²) in [5, 5.41) is 7.72. The van der Waals surface area contributed by atoms with Gasteiger partial charge in [-0.05, 0) is 44.3 Å². The summed E-state index contributed by atoms with van der Waals surface area (Å²) in [4.78, 5) is 6.23. The van der Waals surface area contributed by atoms with E-state index in [-0.39, 0.29) is 0 Å². The highest BCUT2D eigenvalue weighted by atomic mass is 15.3. The van der Waals surface area contributed by atoms with Gasteiger partial charge in [0.15, 0.2) is 0 Å². The first-order chi connectivity index (χ1) is 12.1. The Morgan fingerprint density at radius 1 is 1.04 bits per heavy atom. The summed E-state index contributed by atoms with van der Waals surface area (Å²) in [7, 11) is 4.25. The maximum Gasteiger partial charge on any atom is 0.138 e. The Labute approximate surface area is 149 Å². The number of likely N-dealkylation sites (N-methyl/N-ethyl adjacent to an activating group) is 1. The lowest BCUT2D eigenvalue weighted by Crippen LogP contribution is -2.30. The van der Waals surface area contributed by atoms with Gasteiger partial charge in [0, 0.05) is 19.1 Å². The number of aryl methyl sites for hydroxylation is 1. The summed E-state index contributed by atoms with van der Waals surface area (Å²) in [6.07, 6.45) is 3.25. The van der Waals surface area contributed by atoms with Crippen LogP contribution in [0.15, 0.2) is 61.2 Å². The standard InChI is InChI=1S/C20H25N5/c1-16-4-8-18(9-5-16)20(24(2)3)13-21-12-17-6-10-19(11-7-17)25-15-22-14-23-25/h4-11,14-15,20-21H,12-13H2,1-3H3. The Hall–Kier alpha value is -2.50. The lowest BCUT2D eigenvalue weighted by Gasteiger charge is -2.25. The van der Waals surface area contributed by atoms with Gasteiger partial charge in [-0.1, -0.05) is 42.0 Å². The van der Waals surface area contributed by atoms with Crippen LogP contribution in [0.25, 0.3) is 5.69 Å². The van der Waals surface area contributed by atoms with Crippen LogP contribution in [-0.4, -0.2) is 40.3 Å². The van der Waals surface area contributed by atoms with Crippen molar-refractivity contribution >= 4 is 0 Å². The van der Waals surface area contributed by atoms with Gasteiger partial charge < -0.3 is 10.2 Å². The Kier molecular flexibility index (Phi) is 5.58. The van der Waals surface area contributed by atoms with Gasteiger partial charge >= 0.3 is 0 Å². The topological polar surface area (TPSA) is 46.0 Å². The van der Waals surface area contributed by atoms with Crippen LogP contribution in [-0.2, 0) is 6.54 Å². The summed E-state index contributed by atoms with van der Waals surface area (Å²) >= 11 is 0. The van der Waals surface area contributed by atoms with Crippen LogP contribution < -0.4 is 5.32 Å². The first-order valence-corrected chi connectivity index (χ1v) is 8.51. The van der Waals surface area contributed by atoms with Crippen molar-refractivity contribution in [1.29, 1.82) is 0 Å². The SMILES string of the molecule is Cc1ccc(C(CNCc2ccc(-n3cncn3)cc2)N(C)C)cc1. The molecule has 0 saturated carbocycles. The molecule has 0 bridgehead atoms. The van der Waals surface area contributed by atoms with Crippen LogP contribution in [0.4, 0.5) is 0 Å². The van der Waals surface area contributed by atoms with E-state index in [1.807, 2.05) is 0 Å². The molecule has 0 radical (unpaired) electrons. The predicted octanol–water partition coefficient (Wildman–Crippen LogP) is 2.97. The fraction of sp³-hybridized carbons (Fsp3) is 0.300. The first-order valence-electron chi connectivity index (χ1n) is 8.51. The van der Waals surface area contributed by atoms with Crippen molar-refractivity contribution < 1.29 is 0 Å². The summed E-state index contributed by atoms with van der Waals surface area (Å²) in [5.41, 5.74) is 4.91. The number of nitrogens with zero attached hydrogens (tertiary/aromatic N) is 4. The normalized spacial score (nSPS) is 12.5. The number of aromatic nitrogens is 3. The van der Waals surface area contributed by atoms with Crippen LogP contribution in [0.3, 0.4) is 0 Å². The zero-order valence-corrected chi connectivity index (χ0v) is 15.1. The average molecular weight is 335 g/mol. The van der Waals surface area contributed by atoms with Crippen LogP contribution in [0, 0.1) is 6.92 Å². The Morgan fingerprint density at radius 3 is 2.36 bits per heavy atom. The molecule has 130 valence electrons. The van der Waals surface area contributed by atoms with Crippen molar-refractivity contribution in [2.24, 2.45) is 0 Å². The number of hydrogen-bond donors (Lipinski definition) is 1. The van der Waals surface area contributed by atoms with Gasteiger partial charge in [0.25, 0.3) is 0 Å². The number of rotatable bonds is 7. The molecule has 3 rings (SSSR count). The predicted molar refractivity (Wildman–Crippen MR) is 101 cm³/mol. The molecule has 1 aromatic heterocycles. The monoisotopic (exact) mass is 335 g/mol. The van der Waals surface area contributed by atoms with E-state index in [0.717, 1.165) is 18.8 Å². The van der Waals surface area contributed by atoms with E-state index in [4.69, 9.17) is 0 Å². The van der Waals surface area contributed by atoms with Crippen LogP contribution in [0.2, 0.25) is 0 Å². The maximum absolute atomic E-state index is 4.15. The van der Waals surface area contributed by atoms with Gasteiger partial charge in [-0.15, -0.1) is 0 Å². The van der Waals surface area contributed by atoms with E-state index in [0.29, 0.717) is 6.04 Å². The molecule has 1 unspecified atom stereocenters. The van der Waals surface area contributed by atoms with E-state index in [1.165, 1.54) is 16.7 Å². The molecule has 1 heterocycles. The molecule has 5 heteroatoms. The molecule has 1 N–H and O–H groups in total. The quantitative estimate of drug-likeness (QED) is 0.721. The minimum atomic E-state index is 0.357. The minimum absolute atomic E-state index is 0.357. The Bertz CT molecular complexity index is 761. The highest BCUT2D eigenvalue weighted by Crippen LogP contribution is 2.18. The average Bonchev–Trinajstić information content (AvgIpc) is 3.15. The fourth-order valence-electron chi connectivity index (χ4n) is 2.85. The van der Waals surface area contributed by atoms with Crippen LogP contribution in [0.1, 0.15) is 22.7 Å². The van der Waals surface area contributed by atoms with E-state index in [1.54, 1.807) is 17.3 Å². The lowest BCUT2D eigenvalue weighted by molar-refractivity contribution is 0.288. The molecule has 0 fully saturated rings. The van der Waals surface area contributed by atoms with Crippen molar-refractivity contribution in [1.82, 2.24) is 25.0 Å². The Balaban J connectivity index is 1.58. The second-order valence-electron chi connectivity index (χ2n) is 6.53. The smallest absolute Gasteiger partial charge is 0.138 e. The van der Waals surface area contributed by atoms with Gasteiger partial charge in [0.2, 0.25) is 0 Å². The van der Waals surface area contributed by atoms with Crippen molar-refractivity contribution in [3.63, 3.8) is 0 Å². The molecule has 2 aromatic carbocycles. The molecule has 25 heavy (non-hydrogen) atoms. The molecule has 0 saturated heterocycles. The molecule has 0 aliphatic heterocycles. The second-order valence-corrected chi connectivity index (χ2v) is 6.53. The van der Waals surface area contributed by atoms with Crippen LogP contribution in [0.5, 0.6) is 0 Å². The van der Waals surface area contributed by atoms with Crippen molar-refractivity contribution in [3.05, 3.63) is 77.9 Å². The van der Waals surface area contributed by atoms with Gasteiger partial charge in [-0.3, -0.25) is 0 Å². The summed E-state index contributed by atoms with van der Waals surface area (Å²) in [6.45, 7) is 3.87. The third kappa shape index (κ3) is 4.53. The fourth-order valence-corrected chi connectivity index (χ4v) is 2.85. The summed E-state index contributed by atoms with van der Waals surface area (Å²) in [6, 6.07) is 17.5. The maximum atomic E-state index is 4.15. The third-order valence-corrected chi connectivity index (χ3v) is 4.37. The first kappa shape index (κ1) is 17.3. The van der Waals surface area contributed by atoms with E-state index in [2.05, 4.69) is 89.8 Å². The zero-order chi connectivity index (χ0) is 17.6.